The molecule has 0 aliphatic rings. The number of nitrogens with one attached hydrogen (secondary N) is 1. The van der Waals surface area contributed by atoms with Gasteiger partial charge in [-0.15, -0.1) is 0 Å². The minimum atomic E-state index is -0.647. The summed E-state index contributed by atoms with van der Waals surface area (Å²) < 4.78 is 12.8. The van der Waals surface area contributed by atoms with Gasteiger partial charge in [-0.1, -0.05) is 25.5 Å². The Hall–Kier alpha value is -0.930. The van der Waals surface area contributed by atoms with Gasteiger partial charge < -0.3 is 10.4 Å². The highest BCUT2D eigenvalue weighted by Gasteiger charge is 2.19. The van der Waals surface area contributed by atoms with E-state index in [1.54, 1.807) is 12.1 Å². The van der Waals surface area contributed by atoms with Gasteiger partial charge in [-0.3, -0.25) is 0 Å². The van der Waals surface area contributed by atoms with Crippen LogP contribution in [0.3, 0.4) is 0 Å². The van der Waals surface area contributed by atoms with Gasteiger partial charge >= 0.3 is 0 Å². The van der Waals surface area contributed by atoms with Crippen LogP contribution >= 0.6 is 0 Å². The van der Waals surface area contributed by atoms with Gasteiger partial charge in [-0.25, -0.2) is 4.39 Å². The van der Waals surface area contributed by atoms with Gasteiger partial charge in [0, 0.05) is 12.6 Å². The van der Waals surface area contributed by atoms with Crippen LogP contribution in [0.15, 0.2) is 24.3 Å². The molecule has 0 radical (unpaired) electrons. The summed E-state index contributed by atoms with van der Waals surface area (Å²) >= 11 is 0. The SMILES string of the molecule is CCCC(C)(O)CNC(C)Cc1ccc(F)cc1. The van der Waals surface area contributed by atoms with Crippen molar-refractivity contribution in [3.63, 3.8) is 0 Å². The van der Waals surface area contributed by atoms with Crippen molar-refractivity contribution >= 4 is 0 Å². The maximum absolute atomic E-state index is 12.8. The molecule has 18 heavy (non-hydrogen) atoms. The van der Waals surface area contributed by atoms with Crippen molar-refractivity contribution in [3.05, 3.63) is 35.6 Å². The van der Waals surface area contributed by atoms with Gasteiger partial charge in [0.2, 0.25) is 0 Å². The number of aliphatic hydroxyl groups is 1. The van der Waals surface area contributed by atoms with Crippen molar-refractivity contribution < 1.29 is 9.50 Å². The van der Waals surface area contributed by atoms with Gasteiger partial charge in [0.25, 0.3) is 0 Å². The molecule has 3 heteroatoms. The van der Waals surface area contributed by atoms with E-state index in [1.807, 2.05) is 6.92 Å². The second-order valence-electron chi connectivity index (χ2n) is 5.36. The smallest absolute Gasteiger partial charge is 0.123 e. The first-order chi connectivity index (χ1) is 8.43. The largest absolute Gasteiger partial charge is 0.389 e. The topological polar surface area (TPSA) is 32.3 Å². The standard InChI is InChI=1S/C15H24FNO/c1-4-9-15(3,18)11-17-12(2)10-13-5-7-14(16)8-6-13/h5-8,12,17-18H,4,9-11H2,1-3H3. The third kappa shape index (κ3) is 5.61. The second kappa shape index (κ2) is 6.86. The summed E-state index contributed by atoms with van der Waals surface area (Å²) in [5.41, 5.74) is 0.456. The molecule has 1 aromatic carbocycles. The lowest BCUT2D eigenvalue weighted by Gasteiger charge is -2.25. The summed E-state index contributed by atoms with van der Waals surface area (Å²) in [5.74, 6) is -0.203. The Kier molecular flexibility index (Phi) is 5.76. The van der Waals surface area contributed by atoms with Gasteiger partial charge in [-0.05, 0) is 44.4 Å². The monoisotopic (exact) mass is 253 g/mol. The first-order valence-electron chi connectivity index (χ1n) is 6.63. The lowest BCUT2D eigenvalue weighted by Crippen LogP contribution is -2.42. The van der Waals surface area contributed by atoms with Crippen LogP contribution in [0.5, 0.6) is 0 Å². The average molecular weight is 253 g/mol. The summed E-state index contributed by atoms with van der Waals surface area (Å²) in [6.45, 7) is 6.58. The molecule has 2 nitrogen and oxygen atoms in total. The third-order valence-electron chi connectivity index (χ3n) is 3.08. The molecule has 1 aromatic rings. The fourth-order valence-corrected chi connectivity index (χ4v) is 2.07. The molecule has 2 unspecified atom stereocenters. The number of benzene rings is 1. The molecular weight excluding hydrogens is 229 g/mol. The van der Waals surface area contributed by atoms with Crippen LogP contribution in [-0.4, -0.2) is 23.3 Å². The van der Waals surface area contributed by atoms with Crippen LogP contribution in [0.25, 0.3) is 0 Å². The third-order valence-corrected chi connectivity index (χ3v) is 3.08. The highest BCUT2D eigenvalue weighted by molar-refractivity contribution is 5.17. The molecule has 0 saturated carbocycles. The highest BCUT2D eigenvalue weighted by atomic mass is 19.1. The molecule has 2 atom stereocenters. The first-order valence-corrected chi connectivity index (χ1v) is 6.63. The van der Waals surface area contributed by atoms with Crippen molar-refractivity contribution in [3.8, 4) is 0 Å². The molecule has 0 aliphatic carbocycles. The van der Waals surface area contributed by atoms with E-state index in [9.17, 15) is 9.50 Å². The summed E-state index contributed by atoms with van der Waals surface area (Å²) in [6, 6.07) is 6.83. The van der Waals surface area contributed by atoms with Crippen LogP contribution in [0.4, 0.5) is 4.39 Å². The van der Waals surface area contributed by atoms with E-state index in [2.05, 4.69) is 19.2 Å². The molecule has 1 rings (SSSR count). The summed E-state index contributed by atoms with van der Waals surface area (Å²) in [4.78, 5) is 0. The quantitative estimate of drug-likeness (QED) is 0.783. The molecule has 2 N–H and O–H groups in total. The van der Waals surface area contributed by atoms with E-state index in [0.717, 1.165) is 24.8 Å². The van der Waals surface area contributed by atoms with Crippen molar-refractivity contribution in [2.24, 2.45) is 0 Å². The van der Waals surface area contributed by atoms with E-state index in [4.69, 9.17) is 0 Å². The Bertz CT molecular complexity index is 348. The minimum absolute atomic E-state index is 0.203. The normalized spacial score (nSPS) is 16.3. The second-order valence-corrected chi connectivity index (χ2v) is 5.36. The number of hydrogen-bond donors (Lipinski definition) is 2. The van der Waals surface area contributed by atoms with Crippen LogP contribution in [0, 0.1) is 5.82 Å². The predicted molar refractivity (Wildman–Crippen MR) is 73.1 cm³/mol. The fourth-order valence-electron chi connectivity index (χ4n) is 2.07. The van der Waals surface area contributed by atoms with E-state index in [1.165, 1.54) is 12.1 Å². The maximum atomic E-state index is 12.8. The molecule has 102 valence electrons. The first kappa shape index (κ1) is 15.1. The molecule has 0 spiro atoms. The molecule has 0 heterocycles. The van der Waals surface area contributed by atoms with Crippen LogP contribution in [-0.2, 0) is 6.42 Å². The molecule has 0 fully saturated rings. The summed E-state index contributed by atoms with van der Waals surface area (Å²) in [5, 5.41) is 13.4. The van der Waals surface area contributed by atoms with Crippen LogP contribution in [0.2, 0.25) is 0 Å². The van der Waals surface area contributed by atoms with Crippen molar-refractivity contribution in [1.82, 2.24) is 5.32 Å². The van der Waals surface area contributed by atoms with E-state index >= 15 is 0 Å². The summed E-state index contributed by atoms with van der Waals surface area (Å²) in [7, 11) is 0. The van der Waals surface area contributed by atoms with Crippen molar-refractivity contribution in [2.75, 3.05) is 6.54 Å². The van der Waals surface area contributed by atoms with E-state index < -0.39 is 5.60 Å². The zero-order chi connectivity index (χ0) is 13.6. The van der Waals surface area contributed by atoms with Gasteiger partial charge in [0.05, 0.1) is 5.60 Å². The molecule has 0 amide bonds. The molecule has 0 bridgehead atoms. The Labute approximate surface area is 109 Å². The molecule has 0 aliphatic heterocycles. The van der Waals surface area contributed by atoms with Crippen LogP contribution in [0.1, 0.15) is 39.2 Å². The highest BCUT2D eigenvalue weighted by Crippen LogP contribution is 2.11. The van der Waals surface area contributed by atoms with E-state index in [-0.39, 0.29) is 11.9 Å². The number of halogens is 1. The van der Waals surface area contributed by atoms with Gasteiger partial charge in [-0.2, -0.15) is 0 Å². The Balaban J connectivity index is 2.37. The Morgan fingerprint density at radius 2 is 1.94 bits per heavy atom. The van der Waals surface area contributed by atoms with E-state index in [0.29, 0.717) is 6.54 Å². The van der Waals surface area contributed by atoms with Crippen LogP contribution < -0.4 is 5.32 Å². The fraction of sp³-hybridized carbons (Fsp3) is 0.600. The molecule has 0 saturated heterocycles. The zero-order valence-electron chi connectivity index (χ0n) is 11.5. The predicted octanol–water partition coefficient (Wildman–Crippen LogP) is 2.90. The Morgan fingerprint density at radius 1 is 1.33 bits per heavy atom. The lowest BCUT2D eigenvalue weighted by molar-refractivity contribution is 0.0477. The average Bonchev–Trinajstić information content (AvgIpc) is 2.30. The Morgan fingerprint density at radius 3 is 2.50 bits per heavy atom. The molecular formula is C15H24FNO. The van der Waals surface area contributed by atoms with Gasteiger partial charge in [0.1, 0.15) is 5.82 Å². The summed E-state index contributed by atoms with van der Waals surface area (Å²) in [6.07, 6.45) is 2.60. The van der Waals surface area contributed by atoms with Gasteiger partial charge in [0.15, 0.2) is 0 Å². The minimum Gasteiger partial charge on any atom is -0.389 e. The maximum Gasteiger partial charge on any atom is 0.123 e. The number of hydrogen-bond acceptors (Lipinski definition) is 2. The zero-order valence-corrected chi connectivity index (χ0v) is 11.5. The number of rotatable bonds is 7. The van der Waals surface area contributed by atoms with Crippen molar-refractivity contribution in [1.29, 1.82) is 0 Å². The lowest BCUT2D eigenvalue weighted by atomic mass is 9.99. The van der Waals surface area contributed by atoms with Crippen molar-refractivity contribution in [2.45, 2.75) is 51.7 Å². The molecule has 0 aromatic heterocycles.